The average molecular weight is 194 g/mol. The van der Waals surface area contributed by atoms with Crippen molar-refractivity contribution >= 4 is 6.29 Å². The molecule has 0 aliphatic heterocycles. The minimum atomic E-state index is 0.317. The Hall–Kier alpha value is -0.370. The Bertz CT molecular complexity index is 275. The predicted molar refractivity (Wildman–Crippen MR) is 52.9 cm³/mol. The van der Waals surface area contributed by atoms with E-state index >= 15 is 0 Å². The predicted octanol–water partition coefficient (Wildman–Crippen LogP) is 2.17. The molecule has 0 heterocycles. The standard InChI is InChI=1S/C12H18O2/c1-14-10-6-11-4-2-3-9(7-13)5-12(10,11)8-11/h7,9-10H,2-6,8H2,1H3. The van der Waals surface area contributed by atoms with Gasteiger partial charge in [0.05, 0.1) is 6.10 Å². The fourth-order valence-corrected chi connectivity index (χ4v) is 4.27. The van der Waals surface area contributed by atoms with Crippen molar-refractivity contribution in [2.24, 2.45) is 16.7 Å². The van der Waals surface area contributed by atoms with Gasteiger partial charge in [0.2, 0.25) is 0 Å². The van der Waals surface area contributed by atoms with Crippen LogP contribution in [0.15, 0.2) is 0 Å². The lowest BCUT2D eigenvalue weighted by Gasteiger charge is -2.42. The fraction of sp³-hybridized carbons (Fsp3) is 0.917. The van der Waals surface area contributed by atoms with Crippen LogP contribution in [0, 0.1) is 16.7 Å². The molecule has 78 valence electrons. The quantitative estimate of drug-likeness (QED) is 0.630. The van der Waals surface area contributed by atoms with Crippen LogP contribution in [0.3, 0.4) is 0 Å². The highest BCUT2D eigenvalue weighted by atomic mass is 16.5. The van der Waals surface area contributed by atoms with E-state index < -0.39 is 0 Å². The van der Waals surface area contributed by atoms with E-state index in [1.54, 1.807) is 0 Å². The maximum atomic E-state index is 10.9. The van der Waals surface area contributed by atoms with Gasteiger partial charge in [-0.1, -0.05) is 6.42 Å². The van der Waals surface area contributed by atoms with Crippen molar-refractivity contribution in [1.29, 1.82) is 0 Å². The van der Waals surface area contributed by atoms with Gasteiger partial charge < -0.3 is 9.53 Å². The van der Waals surface area contributed by atoms with E-state index in [4.69, 9.17) is 4.74 Å². The molecule has 0 N–H and O–H groups in total. The van der Waals surface area contributed by atoms with E-state index in [0.717, 1.165) is 12.8 Å². The lowest BCUT2D eigenvalue weighted by Crippen LogP contribution is -2.42. The van der Waals surface area contributed by atoms with Crippen LogP contribution in [0.5, 0.6) is 0 Å². The largest absolute Gasteiger partial charge is 0.381 e. The van der Waals surface area contributed by atoms with E-state index in [0.29, 0.717) is 22.9 Å². The Kier molecular flexibility index (Phi) is 1.65. The zero-order valence-electron chi connectivity index (χ0n) is 8.79. The molecule has 0 bridgehead atoms. The molecule has 0 radical (unpaired) electrons. The third-order valence-electron chi connectivity index (χ3n) is 5.11. The summed E-state index contributed by atoms with van der Waals surface area (Å²) in [6.07, 6.45) is 9.05. The molecule has 3 fully saturated rings. The summed E-state index contributed by atoms with van der Waals surface area (Å²) in [7, 11) is 1.82. The van der Waals surface area contributed by atoms with Gasteiger partial charge in [-0.25, -0.2) is 0 Å². The van der Waals surface area contributed by atoms with Crippen LogP contribution in [0.4, 0.5) is 0 Å². The molecule has 2 nitrogen and oxygen atoms in total. The summed E-state index contributed by atoms with van der Waals surface area (Å²) in [5.41, 5.74) is 1.05. The second kappa shape index (κ2) is 2.60. The molecule has 4 atom stereocenters. The minimum absolute atomic E-state index is 0.317. The molecule has 0 saturated heterocycles. The second-order valence-electron chi connectivity index (χ2n) is 5.53. The van der Waals surface area contributed by atoms with Crippen molar-refractivity contribution in [2.45, 2.75) is 44.6 Å². The number of rotatable bonds is 2. The SMILES string of the molecule is COC1CC23CCCC(C=O)CC12C3. The van der Waals surface area contributed by atoms with E-state index in [2.05, 4.69) is 0 Å². The maximum absolute atomic E-state index is 10.9. The second-order valence-corrected chi connectivity index (χ2v) is 5.53. The minimum Gasteiger partial charge on any atom is -0.381 e. The van der Waals surface area contributed by atoms with Gasteiger partial charge in [-0.2, -0.15) is 0 Å². The Morgan fingerprint density at radius 2 is 2.29 bits per heavy atom. The molecule has 0 spiro atoms. The number of aldehydes is 1. The van der Waals surface area contributed by atoms with Gasteiger partial charge in [0.1, 0.15) is 6.29 Å². The van der Waals surface area contributed by atoms with E-state index in [1.807, 2.05) is 7.11 Å². The van der Waals surface area contributed by atoms with Gasteiger partial charge in [0, 0.05) is 18.4 Å². The van der Waals surface area contributed by atoms with Crippen molar-refractivity contribution in [1.82, 2.24) is 0 Å². The molecule has 3 aliphatic carbocycles. The number of ether oxygens (including phenoxy) is 1. The number of hydrogen-bond acceptors (Lipinski definition) is 2. The zero-order valence-corrected chi connectivity index (χ0v) is 8.79. The highest BCUT2D eigenvalue weighted by Gasteiger charge is 2.79. The molecular formula is C12H18O2. The van der Waals surface area contributed by atoms with Crippen LogP contribution in [-0.4, -0.2) is 19.5 Å². The average Bonchev–Trinajstić information content (AvgIpc) is 2.67. The Labute approximate surface area is 85.0 Å². The van der Waals surface area contributed by atoms with E-state index in [1.165, 1.54) is 32.0 Å². The summed E-state index contributed by atoms with van der Waals surface area (Å²) in [4.78, 5) is 10.9. The molecule has 3 aliphatic rings. The summed E-state index contributed by atoms with van der Waals surface area (Å²) in [5.74, 6) is 0.317. The molecule has 4 unspecified atom stereocenters. The molecule has 0 amide bonds. The number of hydrogen-bond donors (Lipinski definition) is 0. The molecule has 0 aromatic rings. The monoisotopic (exact) mass is 194 g/mol. The van der Waals surface area contributed by atoms with Gasteiger partial charge >= 0.3 is 0 Å². The number of carbonyl (C=O) groups is 1. The van der Waals surface area contributed by atoms with Crippen LogP contribution in [-0.2, 0) is 9.53 Å². The summed E-state index contributed by atoms with van der Waals surface area (Å²) < 4.78 is 5.53. The van der Waals surface area contributed by atoms with Gasteiger partial charge in [0.15, 0.2) is 0 Å². The Balaban J connectivity index is 1.82. The molecule has 14 heavy (non-hydrogen) atoms. The Morgan fingerprint density at radius 3 is 3.00 bits per heavy atom. The first-order valence-corrected chi connectivity index (χ1v) is 5.74. The first-order chi connectivity index (χ1) is 6.76. The molecule has 2 heteroatoms. The third kappa shape index (κ3) is 0.837. The van der Waals surface area contributed by atoms with Crippen LogP contribution < -0.4 is 0 Å². The van der Waals surface area contributed by atoms with E-state index in [9.17, 15) is 4.79 Å². The van der Waals surface area contributed by atoms with Crippen LogP contribution in [0.1, 0.15) is 38.5 Å². The number of carbonyl (C=O) groups excluding carboxylic acids is 1. The van der Waals surface area contributed by atoms with Crippen LogP contribution >= 0.6 is 0 Å². The highest BCUT2D eigenvalue weighted by Crippen LogP contribution is 2.83. The van der Waals surface area contributed by atoms with Crippen molar-refractivity contribution in [3.05, 3.63) is 0 Å². The van der Waals surface area contributed by atoms with Gasteiger partial charge in [-0.15, -0.1) is 0 Å². The highest BCUT2D eigenvalue weighted by molar-refractivity contribution is 5.54. The topological polar surface area (TPSA) is 26.3 Å². The molecule has 0 aromatic heterocycles. The first kappa shape index (κ1) is 8.90. The van der Waals surface area contributed by atoms with Gasteiger partial charge in [-0.3, -0.25) is 0 Å². The molecule has 3 rings (SSSR count). The van der Waals surface area contributed by atoms with Crippen molar-refractivity contribution in [3.8, 4) is 0 Å². The lowest BCUT2D eigenvalue weighted by atomic mass is 9.67. The molecule has 0 aromatic carbocycles. The normalized spacial score (nSPS) is 54.9. The summed E-state index contributed by atoms with van der Waals surface area (Å²) in [6.45, 7) is 0. The summed E-state index contributed by atoms with van der Waals surface area (Å²) in [6, 6.07) is 0. The molecule has 3 saturated carbocycles. The first-order valence-electron chi connectivity index (χ1n) is 5.74. The summed E-state index contributed by atoms with van der Waals surface area (Å²) in [5, 5.41) is 0. The van der Waals surface area contributed by atoms with Gasteiger partial charge in [0.25, 0.3) is 0 Å². The number of methoxy groups -OCH3 is 1. The van der Waals surface area contributed by atoms with E-state index in [-0.39, 0.29) is 0 Å². The smallest absolute Gasteiger partial charge is 0.123 e. The molecular weight excluding hydrogens is 176 g/mol. The van der Waals surface area contributed by atoms with Crippen molar-refractivity contribution in [2.75, 3.05) is 7.11 Å². The Morgan fingerprint density at radius 1 is 1.43 bits per heavy atom. The maximum Gasteiger partial charge on any atom is 0.123 e. The third-order valence-corrected chi connectivity index (χ3v) is 5.11. The fourth-order valence-electron chi connectivity index (χ4n) is 4.27. The lowest BCUT2D eigenvalue weighted by molar-refractivity contribution is -0.114. The van der Waals surface area contributed by atoms with Crippen LogP contribution in [0.25, 0.3) is 0 Å². The van der Waals surface area contributed by atoms with Crippen molar-refractivity contribution in [3.63, 3.8) is 0 Å². The van der Waals surface area contributed by atoms with Crippen molar-refractivity contribution < 1.29 is 9.53 Å². The van der Waals surface area contributed by atoms with Gasteiger partial charge in [-0.05, 0) is 37.5 Å². The summed E-state index contributed by atoms with van der Waals surface area (Å²) >= 11 is 0. The zero-order chi connectivity index (χ0) is 9.81. The van der Waals surface area contributed by atoms with Crippen LogP contribution in [0.2, 0.25) is 0 Å².